The van der Waals surface area contributed by atoms with Crippen LogP contribution in [0.4, 0.5) is 5.69 Å². The Bertz CT molecular complexity index is 1060. The van der Waals surface area contributed by atoms with E-state index < -0.39 is 6.04 Å². The molecule has 2 fully saturated rings. The molecule has 1 aliphatic heterocycles. The number of carbonyl (C=O) groups excluding carboxylic acids is 3. The van der Waals surface area contributed by atoms with Crippen LogP contribution in [0.5, 0.6) is 0 Å². The first kappa shape index (κ1) is 22.5. The summed E-state index contributed by atoms with van der Waals surface area (Å²) in [6.45, 7) is 10.6. The maximum absolute atomic E-state index is 13.8. The van der Waals surface area contributed by atoms with Crippen molar-refractivity contribution >= 4 is 35.0 Å². The highest BCUT2D eigenvalue weighted by molar-refractivity contribution is 6.30. The molecule has 3 amide bonds. The van der Waals surface area contributed by atoms with Gasteiger partial charge in [0.05, 0.1) is 12.1 Å². The van der Waals surface area contributed by atoms with Crippen LogP contribution >= 0.6 is 11.6 Å². The standard InChI is InChI=1S/C26H29ClN2O3/c1-16-6-8-17(9-7-16)15-28(24(32)22-25(2,3)26(22,4)5)20-14-21(30)29(23(20)31)19-12-10-18(27)11-13-19/h6-13,20,22H,14-15H2,1-5H3. The Hall–Kier alpha value is -2.66. The fourth-order valence-electron chi connectivity index (χ4n) is 4.93. The molecule has 0 N–H and O–H groups in total. The number of nitrogens with zero attached hydrogens (tertiary/aromatic N) is 2. The number of halogens is 1. The first-order valence-electron chi connectivity index (χ1n) is 10.9. The quantitative estimate of drug-likeness (QED) is 0.600. The zero-order chi connectivity index (χ0) is 23.4. The first-order valence-corrected chi connectivity index (χ1v) is 11.3. The van der Waals surface area contributed by atoms with Crippen LogP contribution in [0.1, 0.15) is 45.2 Å². The summed E-state index contributed by atoms with van der Waals surface area (Å²) in [4.78, 5) is 42.9. The van der Waals surface area contributed by atoms with Gasteiger partial charge in [0.25, 0.3) is 5.91 Å². The fourth-order valence-corrected chi connectivity index (χ4v) is 5.06. The van der Waals surface area contributed by atoms with E-state index >= 15 is 0 Å². The normalized spacial score (nSPS) is 21.7. The van der Waals surface area contributed by atoms with Crippen molar-refractivity contribution in [2.75, 3.05) is 4.90 Å². The third-order valence-corrected chi connectivity index (χ3v) is 7.86. The van der Waals surface area contributed by atoms with Gasteiger partial charge in [-0.15, -0.1) is 0 Å². The van der Waals surface area contributed by atoms with E-state index in [9.17, 15) is 14.4 Å². The van der Waals surface area contributed by atoms with Gasteiger partial charge in [-0.2, -0.15) is 0 Å². The van der Waals surface area contributed by atoms with Gasteiger partial charge in [-0.3, -0.25) is 14.4 Å². The molecular weight excluding hydrogens is 424 g/mol. The summed E-state index contributed by atoms with van der Waals surface area (Å²) >= 11 is 5.97. The molecule has 2 aromatic carbocycles. The van der Waals surface area contributed by atoms with Gasteiger partial charge in [0.2, 0.25) is 11.8 Å². The summed E-state index contributed by atoms with van der Waals surface area (Å²) in [7, 11) is 0. The molecule has 32 heavy (non-hydrogen) atoms. The van der Waals surface area contributed by atoms with Gasteiger partial charge in [0.1, 0.15) is 6.04 Å². The largest absolute Gasteiger partial charge is 0.325 e. The van der Waals surface area contributed by atoms with Crippen LogP contribution in [0.25, 0.3) is 0 Å². The number of hydrogen-bond donors (Lipinski definition) is 0. The summed E-state index contributed by atoms with van der Waals surface area (Å²) < 4.78 is 0. The van der Waals surface area contributed by atoms with E-state index in [4.69, 9.17) is 11.6 Å². The summed E-state index contributed by atoms with van der Waals surface area (Å²) in [5.41, 5.74) is 2.19. The third kappa shape index (κ3) is 3.62. The van der Waals surface area contributed by atoms with Crippen molar-refractivity contribution in [1.82, 2.24) is 4.90 Å². The van der Waals surface area contributed by atoms with Crippen LogP contribution in [0.3, 0.4) is 0 Å². The van der Waals surface area contributed by atoms with Gasteiger partial charge in [0, 0.05) is 17.5 Å². The zero-order valence-corrected chi connectivity index (χ0v) is 19.9. The number of aryl methyl sites for hydroxylation is 1. The molecule has 168 valence electrons. The van der Waals surface area contributed by atoms with Gasteiger partial charge >= 0.3 is 0 Å². The number of amides is 3. The summed E-state index contributed by atoms with van der Waals surface area (Å²) in [5, 5.41) is 0.527. The van der Waals surface area contributed by atoms with Crippen LogP contribution in [0.15, 0.2) is 48.5 Å². The molecule has 0 spiro atoms. The second kappa shape index (κ2) is 7.73. The molecule has 1 atom stereocenters. The maximum Gasteiger partial charge on any atom is 0.257 e. The Kier molecular flexibility index (Phi) is 5.44. The molecule has 1 saturated heterocycles. The van der Waals surface area contributed by atoms with E-state index in [-0.39, 0.29) is 40.9 Å². The van der Waals surface area contributed by atoms with Gasteiger partial charge in [-0.25, -0.2) is 4.90 Å². The van der Waals surface area contributed by atoms with Gasteiger partial charge in [0.15, 0.2) is 0 Å². The van der Waals surface area contributed by atoms with E-state index in [1.165, 1.54) is 4.90 Å². The Morgan fingerprint density at radius 3 is 2.09 bits per heavy atom. The molecule has 1 aliphatic carbocycles. The molecule has 1 unspecified atom stereocenters. The number of hydrogen-bond acceptors (Lipinski definition) is 3. The molecule has 1 heterocycles. The fraction of sp³-hybridized carbons (Fsp3) is 0.423. The average molecular weight is 453 g/mol. The predicted octanol–water partition coefficient (Wildman–Crippen LogP) is 4.99. The minimum absolute atomic E-state index is 0.0212. The molecule has 0 radical (unpaired) electrons. The molecule has 0 bridgehead atoms. The smallest absolute Gasteiger partial charge is 0.257 e. The van der Waals surface area contributed by atoms with Crippen molar-refractivity contribution < 1.29 is 14.4 Å². The highest BCUT2D eigenvalue weighted by Gasteiger charge is 2.69. The lowest BCUT2D eigenvalue weighted by molar-refractivity contribution is -0.141. The van der Waals surface area contributed by atoms with Crippen molar-refractivity contribution in [2.24, 2.45) is 16.7 Å². The lowest BCUT2D eigenvalue weighted by Gasteiger charge is -2.29. The topological polar surface area (TPSA) is 57.7 Å². The summed E-state index contributed by atoms with van der Waals surface area (Å²) in [5.74, 6) is -0.940. The second-order valence-corrected chi connectivity index (χ2v) is 10.5. The molecule has 1 saturated carbocycles. The van der Waals surface area contributed by atoms with Crippen LogP contribution in [0, 0.1) is 23.7 Å². The first-order chi connectivity index (χ1) is 14.9. The van der Waals surface area contributed by atoms with Crippen molar-refractivity contribution in [3.63, 3.8) is 0 Å². The number of benzene rings is 2. The zero-order valence-electron chi connectivity index (χ0n) is 19.2. The van der Waals surface area contributed by atoms with Crippen LogP contribution in [-0.4, -0.2) is 28.7 Å². The molecular formula is C26H29ClN2O3. The Morgan fingerprint density at radius 2 is 1.56 bits per heavy atom. The minimum Gasteiger partial charge on any atom is -0.325 e. The van der Waals surface area contributed by atoms with Crippen LogP contribution in [0.2, 0.25) is 5.02 Å². The third-order valence-electron chi connectivity index (χ3n) is 7.61. The summed E-state index contributed by atoms with van der Waals surface area (Å²) in [6.07, 6.45) is -0.0212. The second-order valence-electron chi connectivity index (χ2n) is 10.1. The highest BCUT2D eigenvalue weighted by Crippen LogP contribution is 2.69. The van der Waals surface area contributed by atoms with Crippen LogP contribution in [-0.2, 0) is 20.9 Å². The van der Waals surface area contributed by atoms with Crippen molar-refractivity contribution in [3.05, 3.63) is 64.7 Å². The van der Waals surface area contributed by atoms with Gasteiger partial charge in [-0.1, -0.05) is 69.1 Å². The minimum atomic E-state index is -0.820. The van der Waals surface area contributed by atoms with Crippen molar-refractivity contribution in [3.8, 4) is 0 Å². The number of carbonyl (C=O) groups is 3. The molecule has 4 rings (SSSR count). The van der Waals surface area contributed by atoms with Crippen LogP contribution < -0.4 is 4.90 Å². The van der Waals surface area contributed by atoms with Crippen molar-refractivity contribution in [1.29, 1.82) is 0 Å². The van der Waals surface area contributed by atoms with E-state index in [1.807, 2.05) is 31.2 Å². The van der Waals surface area contributed by atoms with E-state index in [0.717, 1.165) is 11.1 Å². The lowest BCUT2D eigenvalue weighted by atomic mass is 10.0. The molecule has 0 aromatic heterocycles. The van der Waals surface area contributed by atoms with Gasteiger partial charge in [-0.05, 0) is 47.6 Å². The average Bonchev–Trinajstić information content (AvgIpc) is 2.96. The van der Waals surface area contributed by atoms with E-state index in [0.29, 0.717) is 17.3 Å². The lowest BCUT2D eigenvalue weighted by Crippen LogP contribution is -2.46. The summed E-state index contributed by atoms with van der Waals surface area (Å²) in [6, 6.07) is 13.7. The Morgan fingerprint density at radius 1 is 1.00 bits per heavy atom. The SMILES string of the molecule is Cc1ccc(CN(C(=O)C2C(C)(C)C2(C)C)C2CC(=O)N(c3ccc(Cl)cc3)C2=O)cc1. The predicted molar refractivity (Wildman–Crippen MR) is 125 cm³/mol. The molecule has 2 aromatic rings. The Labute approximate surface area is 194 Å². The monoisotopic (exact) mass is 452 g/mol. The molecule has 6 heteroatoms. The van der Waals surface area contributed by atoms with Crippen molar-refractivity contribution in [2.45, 2.75) is 53.6 Å². The number of imide groups is 1. The Balaban J connectivity index is 1.67. The van der Waals surface area contributed by atoms with E-state index in [1.54, 1.807) is 29.2 Å². The number of anilines is 1. The maximum atomic E-state index is 13.8. The molecule has 2 aliphatic rings. The molecule has 5 nitrogen and oxygen atoms in total. The number of rotatable bonds is 5. The van der Waals surface area contributed by atoms with Gasteiger partial charge < -0.3 is 4.90 Å². The van der Waals surface area contributed by atoms with E-state index in [2.05, 4.69) is 27.7 Å². The highest BCUT2D eigenvalue weighted by atomic mass is 35.5.